The quantitative estimate of drug-likeness (QED) is 0.644. The zero-order valence-electron chi connectivity index (χ0n) is 9.90. The van der Waals surface area contributed by atoms with E-state index < -0.39 is 18.0 Å². The highest BCUT2D eigenvalue weighted by Crippen LogP contribution is 1.95. The van der Waals surface area contributed by atoms with Gasteiger partial charge in [0, 0.05) is 14.0 Å². The molecule has 1 aromatic heterocycles. The number of carbonyl (C=O) groups is 2. The van der Waals surface area contributed by atoms with Crippen molar-refractivity contribution in [3.8, 4) is 0 Å². The molecule has 3 amide bonds. The van der Waals surface area contributed by atoms with Gasteiger partial charge in [0.2, 0.25) is 11.8 Å². The van der Waals surface area contributed by atoms with Crippen molar-refractivity contribution in [1.82, 2.24) is 26.1 Å². The van der Waals surface area contributed by atoms with Gasteiger partial charge in [0.25, 0.3) is 0 Å². The van der Waals surface area contributed by atoms with Crippen molar-refractivity contribution >= 4 is 11.9 Å². The third kappa shape index (κ3) is 4.19. The second-order valence-corrected chi connectivity index (χ2v) is 3.40. The van der Waals surface area contributed by atoms with E-state index in [1.54, 1.807) is 13.8 Å². The normalized spacial score (nSPS) is 11.9. The summed E-state index contributed by atoms with van der Waals surface area (Å²) in [5, 5.41) is 11.0. The molecule has 0 aliphatic heterocycles. The van der Waals surface area contributed by atoms with Gasteiger partial charge in [-0.1, -0.05) is 5.16 Å². The Balaban J connectivity index is 2.36. The van der Waals surface area contributed by atoms with Crippen LogP contribution in [0.5, 0.6) is 0 Å². The van der Waals surface area contributed by atoms with Crippen molar-refractivity contribution in [3.63, 3.8) is 0 Å². The lowest BCUT2D eigenvalue weighted by Crippen LogP contribution is -2.47. The first-order valence-electron chi connectivity index (χ1n) is 5.08. The van der Waals surface area contributed by atoms with E-state index in [1.165, 1.54) is 7.05 Å². The molecule has 3 N–H and O–H groups in total. The summed E-state index contributed by atoms with van der Waals surface area (Å²) in [6.45, 7) is 3.60. The summed E-state index contributed by atoms with van der Waals surface area (Å²) in [5.41, 5.74) is 0. The highest BCUT2D eigenvalue weighted by molar-refractivity contribution is 5.96. The molecular weight excluding hydrogens is 226 g/mol. The summed E-state index contributed by atoms with van der Waals surface area (Å²) in [4.78, 5) is 26.3. The number of hydrogen-bond acceptors (Lipinski definition) is 6. The fourth-order valence-corrected chi connectivity index (χ4v) is 1.03. The molecule has 0 saturated carbocycles. The fraction of sp³-hybridized carbons (Fsp3) is 0.556. The van der Waals surface area contributed by atoms with Gasteiger partial charge in [-0.3, -0.25) is 15.4 Å². The molecule has 0 fully saturated rings. The smallest absolute Gasteiger partial charge is 0.321 e. The SMILES string of the molecule is CNC(=O)NC(=O)C(C)NCc1noc(C)n1. The minimum absolute atomic E-state index is 0.291. The Hall–Kier alpha value is -1.96. The third-order valence-corrected chi connectivity index (χ3v) is 1.99. The molecule has 17 heavy (non-hydrogen) atoms. The Bertz CT molecular complexity index is 403. The number of imide groups is 1. The van der Waals surface area contributed by atoms with Crippen LogP contribution in [-0.4, -0.2) is 35.2 Å². The van der Waals surface area contributed by atoms with Gasteiger partial charge >= 0.3 is 6.03 Å². The average molecular weight is 241 g/mol. The molecule has 94 valence electrons. The molecule has 0 bridgehead atoms. The molecule has 0 aliphatic rings. The third-order valence-electron chi connectivity index (χ3n) is 1.99. The molecule has 0 aliphatic carbocycles. The second-order valence-electron chi connectivity index (χ2n) is 3.40. The van der Waals surface area contributed by atoms with E-state index in [1.807, 2.05) is 0 Å². The summed E-state index contributed by atoms with van der Waals surface area (Å²) in [7, 11) is 1.43. The van der Waals surface area contributed by atoms with Crippen LogP contribution in [0.1, 0.15) is 18.6 Å². The van der Waals surface area contributed by atoms with E-state index in [0.29, 0.717) is 18.3 Å². The molecule has 1 rings (SSSR count). The predicted molar refractivity (Wildman–Crippen MR) is 57.9 cm³/mol. The van der Waals surface area contributed by atoms with Crippen LogP contribution in [-0.2, 0) is 11.3 Å². The second kappa shape index (κ2) is 5.94. The highest BCUT2D eigenvalue weighted by atomic mass is 16.5. The first-order chi connectivity index (χ1) is 8.02. The summed E-state index contributed by atoms with van der Waals surface area (Å²) in [5.74, 6) is 0.496. The van der Waals surface area contributed by atoms with Crippen LogP contribution in [0.15, 0.2) is 4.52 Å². The van der Waals surface area contributed by atoms with Crippen molar-refractivity contribution < 1.29 is 14.1 Å². The minimum atomic E-state index is -0.543. The molecular formula is C9H15N5O3. The number of rotatable bonds is 4. The van der Waals surface area contributed by atoms with Crippen LogP contribution >= 0.6 is 0 Å². The lowest BCUT2D eigenvalue weighted by atomic mass is 10.3. The van der Waals surface area contributed by atoms with Crippen LogP contribution in [0.4, 0.5) is 4.79 Å². The fourth-order valence-electron chi connectivity index (χ4n) is 1.03. The number of nitrogens with one attached hydrogen (secondary N) is 3. The Morgan fingerprint density at radius 2 is 2.18 bits per heavy atom. The maximum absolute atomic E-state index is 11.4. The standard InChI is InChI=1S/C9H15N5O3/c1-5(8(15)13-9(16)10-3)11-4-7-12-6(2)17-14-7/h5,11H,4H2,1-3H3,(H2,10,13,15,16). The summed E-state index contributed by atoms with van der Waals surface area (Å²) in [6, 6.07) is -1.08. The van der Waals surface area contributed by atoms with E-state index >= 15 is 0 Å². The van der Waals surface area contributed by atoms with Gasteiger partial charge in [-0.15, -0.1) is 0 Å². The topological polar surface area (TPSA) is 109 Å². The molecule has 1 atom stereocenters. The number of hydrogen-bond donors (Lipinski definition) is 3. The molecule has 0 spiro atoms. The summed E-state index contributed by atoms with van der Waals surface area (Å²) in [6.07, 6.45) is 0. The summed E-state index contributed by atoms with van der Waals surface area (Å²) < 4.78 is 4.77. The minimum Gasteiger partial charge on any atom is -0.341 e. The highest BCUT2D eigenvalue weighted by Gasteiger charge is 2.15. The average Bonchev–Trinajstić information content (AvgIpc) is 2.71. The number of aryl methyl sites for hydroxylation is 1. The van der Waals surface area contributed by atoms with Gasteiger partial charge in [0.15, 0.2) is 5.82 Å². The van der Waals surface area contributed by atoms with Gasteiger partial charge in [0.1, 0.15) is 0 Å². The number of amides is 3. The Kier molecular flexibility index (Phi) is 4.58. The van der Waals surface area contributed by atoms with Crippen molar-refractivity contribution in [2.24, 2.45) is 0 Å². The van der Waals surface area contributed by atoms with Gasteiger partial charge in [0.05, 0.1) is 12.6 Å². The van der Waals surface area contributed by atoms with Crippen LogP contribution in [0.3, 0.4) is 0 Å². The first kappa shape index (κ1) is 13.1. The van der Waals surface area contributed by atoms with Gasteiger partial charge in [-0.05, 0) is 6.92 Å². The van der Waals surface area contributed by atoms with Crippen LogP contribution in [0.2, 0.25) is 0 Å². The molecule has 1 aromatic rings. The van der Waals surface area contributed by atoms with Gasteiger partial charge in [-0.2, -0.15) is 4.98 Å². The van der Waals surface area contributed by atoms with E-state index in [4.69, 9.17) is 4.52 Å². The predicted octanol–water partition coefficient (Wildman–Crippen LogP) is -0.688. The molecule has 8 nitrogen and oxygen atoms in total. The van der Waals surface area contributed by atoms with Gasteiger partial charge < -0.3 is 9.84 Å². The number of aromatic nitrogens is 2. The molecule has 1 heterocycles. The molecule has 0 saturated heterocycles. The number of nitrogens with zero attached hydrogens (tertiary/aromatic N) is 2. The van der Waals surface area contributed by atoms with Crippen molar-refractivity contribution in [1.29, 1.82) is 0 Å². The van der Waals surface area contributed by atoms with Crippen molar-refractivity contribution in [3.05, 3.63) is 11.7 Å². The van der Waals surface area contributed by atoms with Crippen molar-refractivity contribution in [2.45, 2.75) is 26.4 Å². The van der Waals surface area contributed by atoms with E-state index in [0.717, 1.165) is 0 Å². The maximum atomic E-state index is 11.4. The largest absolute Gasteiger partial charge is 0.341 e. The molecule has 1 unspecified atom stereocenters. The number of carbonyl (C=O) groups excluding carboxylic acids is 2. The molecule has 0 aromatic carbocycles. The van der Waals surface area contributed by atoms with Gasteiger partial charge in [-0.25, -0.2) is 4.79 Å². The zero-order chi connectivity index (χ0) is 12.8. The zero-order valence-corrected chi connectivity index (χ0v) is 9.90. The Morgan fingerprint density at radius 3 is 2.71 bits per heavy atom. The lowest BCUT2D eigenvalue weighted by Gasteiger charge is -2.11. The Labute approximate surface area is 98.1 Å². The number of urea groups is 1. The monoisotopic (exact) mass is 241 g/mol. The first-order valence-corrected chi connectivity index (χ1v) is 5.08. The van der Waals surface area contributed by atoms with E-state index in [-0.39, 0.29) is 0 Å². The summed E-state index contributed by atoms with van der Waals surface area (Å²) >= 11 is 0. The van der Waals surface area contributed by atoms with Crippen molar-refractivity contribution in [2.75, 3.05) is 7.05 Å². The maximum Gasteiger partial charge on any atom is 0.321 e. The molecule has 8 heteroatoms. The lowest BCUT2D eigenvalue weighted by molar-refractivity contribution is -0.121. The van der Waals surface area contributed by atoms with Crippen LogP contribution in [0, 0.1) is 6.92 Å². The molecule has 0 radical (unpaired) electrons. The van der Waals surface area contributed by atoms with E-state index in [2.05, 4.69) is 26.1 Å². The van der Waals surface area contributed by atoms with Crippen LogP contribution < -0.4 is 16.0 Å². The van der Waals surface area contributed by atoms with Crippen LogP contribution in [0.25, 0.3) is 0 Å². The Morgan fingerprint density at radius 1 is 1.47 bits per heavy atom. The van der Waals surface area contributed by atoms with E-state index in [9.17, 15) is 9.59 Å².